The Balaban J connectivity index is 1.83. The zero-order chi connectivity index (χ0) is 22.8. The van der Waals surface area contributed by atoms with Crippen LogP contribution in [0.25, 0.3) is 0 Å². The predicted octanol–water partition coefficient (Wildman–Crippen LogP) is 3.65. The highest BCUT2D eigenvalue weighted by Crippen LogP contribution is 2.28. The third kappa shape index (κ3) is 4.00. The van der Waals surface area contributed by atoms with Gasteiger partial charge in [0.1, 0.15) is 11.4 Å². The molecule has 1 aliphatic rings. The fourth-order valence-electron chi connectivity index (χ4n) is 3.76. The maximum absolute atomic E-state index is 13.3. The SMILES string of the molecule is CC1CC(=O)c2cc(NC(=O)c3ccccc3)c(=O)n(Nc3ccccc3[N+](=O)[O-])c2C1. The number of hydrogen-bond donors (Lipinski definition) is 2. The number of benzene rings is 2. The molecule has 9 nitrogen and oxygen atoms in total. The Bertz CT molecular complexity index is 1280. The van der Waals surface area contributed by atoms with E-state index < -0.39 is 16.4 Å². The average molecular weight is 432 g/mol. The van der Waals surface area contributed by atoms with E-state index in [9.17, 15) is 24.5 Å². The Kier molecular flexibility index (Phi) is 5.55. The largest absolute Gasteiger partial charge is 0.317 e. The Hall–Kier alpha value is -4.27. The molecule has 2 N–H and O–H groups in total. The van der Waals surface area contributed by atoms with Gasteiger partial charge in [0.2, 0.25) is 0 Å². The van der Waals surface area contributed by atoms with Gasteiger partial charge in [0.15, 0.2) is 5.78 Å². The van der Waals surface area contributed by atoms with Crippen molar-refractivity contribution in [3.63, 3.8) is 0 Å². The van der Waals surface area contributed by atoms with Crippen molar-refractivity contribution in [2.45, 2.75) is 19.8 Å². The van der Waals surface area contributed by atoms with E-state index >= 15 is 0 Å². The lowest BCUT2D eigenvalue weighted by Gasteiger charge is -2.25. The van der Waals surface area contributed by atoms with E-state index in [1.165, 1.54) is 24.3 Å². The first-order valence-electron chi connectivity index (χ1n) is 10.0. The van der Waals surface area contributed by atoms with Crippen LogP contribution in [0.5, 0.6) is 0 Å². The molecule has 1 aliphatic carbocycles. The van der Waals surface area contributed by atoms with E-state index in [0.29, 0.717) is 29.7 Å². The fourth-order valence-corrected chi connectivity index (χ4v) is 3.76. The molecule has 1 aromatic heterocycles. The van der Waals surface area contributed by atoms with Gasteiger partial charge in [-0.15, -0.1) is 0 Å². The summed E-state index contributed by atoms with van der Waals surface area (Å²) in [6.07, 6.45) is 0.736. The van der Waals surface area contributed by atoms with Crippen LogP contribution in [-0.4, -0.2) is 21.3 Å². The molecule has 1 atom stereocenters. The first-order chi connectivity index (χ1) is 15.3. The second-order valence-corrected chi connectivity index (χ2v) is 7.70. The highest BCUT2D eigenvalue weighted by molar-refractivity contribution is 6.05. The monoisotopic (exact) mass is 432 g/mol. The first-order valence-corrected chi connectivity index (χ1v) is 10.0. The van der Waals surface area contributed by atoms with Crippen LogP contribution in [0.2, 0.25) is 0 Å². The zero-order valence-corrected chi connectivity index (χ0v) is 17.2. The zero-order valence-electron chi connectivity index (χ0n) is 17.2. The number of anilines is 2. The van der Waals surface area contributed by atoms with Gasteiger partial charge >= 0.3 is 0 Å². The minimum atomic E-state index is -0.618. The number of amides is 1. The van der Waals surface area contributed by atoms with Gasteiger partial charge in [-0.05, 0) is 36.6 Å². The summed E-state index contributed by atoms with van der Waals surface area (Å²) in [5.41, 5.74) is 3.05. The third-order valence-electron chi connectivity index (χ3n) is 5.30. The summed E-state index contributed by atoms with van der Waals surface area (Å²) in [7, 11) is 0. The lowest BCUT2D eigenvalue weighted by molar-refractivity contribution is -0.384. The molecule has 0 radical (unpaired) electrons. The molecule has 0 saturated heterocycles. The number of nitro groups is 1. The number of para-hydroxylation sites is 2. The lowest BCUT2D eigenvalue weighted by atomic mass is 9.87. The maximum Gasteiger partial charge on any atom is 0.294 e. The summed E-state index contributed by atoms with van der Waals surface area (Å²) < 4.78 is 1.13. The smallest absolute Gasteiger partial charge is 0.294 e. The third-order valence-corrected chi connectivity index (χ3v) is 5.30. The van der Waals surface area contributed by atoms with Gasteiger partial charge in [0.25, 0.3) is 17.2 Å². The highest BCUT2D eigenvalue weighted by Gasteiger charge is 2.28. The molecule has 1 heterocycles. The molecule has 1 amide bonds. The molecule has 162 valence electrons. The number of hydrogen-bond acceptors (Lipinski definition) is 6. The quantitative estimate of drug-likeness (QED) is 0.469. The molecule has 0 aliphatic heterocycles. The molecule has 32 heavy (non-hydrogen) atoms. The second kappa shape index (κ2) is 8.46. The van der Waals surface area contributed by atoms with Gasteiger partial charge in [-0.25, -0.2) is 4.68 Å². The number of nitrogens with zero attached hydrogens (tertiary/aromatic N) is 2. The van der Waals surface area contributed by atoms with Crippen LogP contribution in [0.3, 0.4) is 0 Å². The number of carbonyl (C=O) groups is 2. The van der Waals surface area contributed by atoms with Gasteiger partial charge in [-0.1, -0.05) is 37.3 Å². The summed E-state index contributed by atoms with van der Waals surface area (Å²) in [5.74, 6) is -0.665. The van der Waals surface area contributed by atoms with Crippen molar-refractivity contribution in [2.24, 2.45) is 5.92 Å². The van der Waals surface area contributed by atoms with Gasteiger partial charge in [-0.3, -0.25) is 29.9 Å². The topological polar surface area (TPSA) is 123 Å². The Morgan fingerprint density at radius 2 is 1.72 bits per heavy atom. The predicted molar refractivity (Wildman–Crippen MR) is 119 cm³/mol. The van der Waals surface area contributed by atoms with Gasteiger partial charge in [0.05, 0.1) is 10.6 Å². The number of carbonyl (C=O) groups excluding carboxylic acids is 2. The molecule has 3 aromatic rings. The fraction of sp³-hybridized carbons (Fsp3) is 0.174. The lowest BCUT2D eigenvalue weighted by Crippen LogP contribution is -2.37. The molecular weight excluding hydrogens is 412 g/mol. The van der Waals surface area contributed by atoms with Gasteiger partial charge in [0, 0.05) is 23.6 Å². The number of nitro benzene ring substituents is 1. The van der Waals surface area contributed by atoms with Crippen LogP contribution in [-0.2, 0) is 6.42 Å². The van der Waals surface area contributed by atoms with Crippen LogP contribution in [0.15, 0.2) is 65.5 Å². The Morgan fingerprint density at radius 3 is 2.44 bits per heavy atom. The molecule has 1 unspecified atom stereocenters. The van der Waals surface area contributed by atoms with E-state index in [1.54, 1.807) is 36.4 Å². The van der Waals surface area contributed by atoms with E-state index in [0.717, 1.165) is 4.68 Å². The average Bonchev–Trinajstić information content (AvgIpc) is 2.78. The minimum Gasteiger partial charge on any atom is -0.317 e. The summed E-state index contributed by atoms with van der Waals surface area (Å²) in [5, 5.41) is 14.0. The van der Waals surface area contributed by atoms with Gasteiger partial charge in [-0.2, -0.15) is 0 Å². The number of pyridine rings is 1. The van der Waals surface area contributed by atoms with E-state index in [-0.39, 0.29) is 28.8 Å². The summed E-state index contributed by atoms with van der Waals surface area (Å²) in [6.45, 7) is 1.89. The van der Waals surface area contributed by atoms with E-state index in [4.69, 9.17) is 0 Å². The highest BCUT2D eigenvalue weighted by atomic mass is 16.6. The molecule has 0 saturated carbocycles. The number of aromatic nitrogens is 1. The number of Topliss-reactive ketones (excluding diaryl/α,β-unsaturated/α-hetero) is 1. The minimum absolute atomic E-state index is 0.00188. The molecule has 4 rings (SSSR count). The second-order valence-electron chi connectivity index (χ2n) is 7.70. The Labute approximate surface area is 182 Å². The number of nitrogens with one attached hydrogen (secondary N) is 2. The summed E-state index contributed by atoms with van der Waals surface area (Å²) in [6, 6.07) is 15.7. The van der Waals surface area contributed by atoms with Crippen molar-refractivity contribution in [1.82, 2.24) is 4.68 Å². The molecule has 9 heteroatoms. The standard InChI is InChI=1S/C23H20N4O5/c1-14-11-20-16(21(28)12-14)13-18(24-22(29)15-7-3-2-4-8-15)23(30)26(20)25-17-9-5-6-10-19(17)27(31)32/h2-10,13-14,25H,11-12H2,1H3,(H,24,29). The van der Waals surface area contributed by atoms with Crippen LogP contribution in [0, 0.1) is 16.0 Å². The molecule has 2 aromatic carbocycles. The number of rotatable bonds is 5. The van der Waals surface area contributed by atoms with E-state index in [1.807, 2.05) is 6.92 Å². The van der Waals surface area contributed by atoms with Crippen molar-refractivity contribution < 1.29 is 14.5 Å². The first kappa shape index (κ1) is 21.0. The van der Waals surface area contributed by atoms with E-state index in [2.05, 4.69) is 10.7 Å². The number of ketones is 1. The molecule has 0 spiro atoms. The van der Waals surface area contributed by atoms with Crippen LogP contribution >= 0.6 is 0 Å². The molecule has 0 bridgehead atoms. The van der Waals surface area contributed by atoms with Crippen LogP contribution in [0.4, 0.5) is 17.1 Å². The summed E-state index contributed by atoms with van der Waals surface area (Å²) >= 11 is 0. The van der Waals surface area contributed by atoms with Crippen LogP contribution in [0.1, 0.15) is 39.8 Å². The normalized spacial score (nSPS) is 15.0. The van der Waals surface area contributed by atoms with Crippen molar-refractivity contribution in [1.29, 1.82) is 0 Å². The van der Waals surface area contributed by atoms with Crippen molar-refractivity contribution >= 4 is 28.8 Å². The van der Waals surface area contributed by atoms with Gasteiger partial charge < -0.3 is 5.32 Å². The van der Waals surface area contributed by atoms with Crippen LogP contribution < -0.4 is 16.3 Å². The number of fused-ring (bicyclic) bond motifs is 1. The molecule has 0 fully saturated rings. The van der Waals surface area contributed by atoms with Crippen molar-refractivity contribution in [3.8, 4) is 0 Å². The Morgan fingerprint density at radius 1 is 1.03 bits per heavy atom. The van der Waals surface area contributed by atoms with Crippen molar-refractivity contribution in [2.75, 3.05) is 10.7 Å². The van der Waals surface area contributed by atoms with Crippen molar-refractivity contribution in [3.05, 3.63) is 98.0 Å². The maximum atomic E-state index is 13.3. The summed E-state index contributed by atoms with van der Waals surface area (Å²) in [4.78, 5) is 49.5. The molecular formula is C23H20N4O5.